The van der Waals surface area contributed by atoms with Crippen molar-refractivity contribution in [2.75, 3.05) is 19.7 Å². The summed E-state index contributed by atoms with van der Waals surface area (Å²) in [6.07, 6.45) is 0. The van der Waals surface area contributed by atoms with Gasteiger partial charge in [0.05, 0.1) is 6.61 Å². The first-order chi connectivity index (χ1) is 9.08. The Morgan fingerprint density at radius 2 is 1.89 bits per heavy atom. The van der Waals surface area contributed by atoms with Crippen LogP contribution >= 0.6 is 0 Å². The van der Waals surface area contributed by atoms with E-state index in [-0.39, 0.29) is 13.2 Å². The van der Waals surface area contributed by atoms with Crippen LogP contribution in [0, 0.1) is 6.92 Å². The fourth-order valence-corrected chi connectivity index (χ4v) is 1.63. The number of hydrogen-bond donors (Lipinski definition) is 2. The summed E-state index contributed by atoms with van der Waals surface area (Å²) in [4.78, 5) is 24.7. The molecule has 0 aromatic heterocycles. The van der Waals surface area contributed by atoms with Crippen molar-refractivity contribution in [2.45, 2.75) is 20.4 Å². The minimum absolute atomic E-state index is 0.148. The zero-order valence-corrected chi connectivity index (χ0v) is 11.3. The summed E-state index contributed by atoms with van der Waals surface area (Å²) in [5.41, 5.74) is 2.09. The predicted molar refractivity (Wildman–Crippen MR) is 72.4 cm³/mol. The second kappa shape index (κ2) is 7.53. The number of carbonyl (C=O) groups excluding carboxylic acids is 2. The van der Waals surface area contributed by atoms with Gasteiger partial charge in [0, 0.05) is 19.6 Å². The fraction of sp³-hybridized carbons (Fsp3) is 0.429. The topological polar surface area (TPSA) is 69.6 Å². The van der Waals surface area contributed by atoms with E-state index in [4.69, 9.17) is 5.11 Å². The van der Waals surface area contributed by atoms with Crippen LogP contribution in [-0.2, 0) is 16.1 Å². The van der Waals surface area contributed by atoms with Crippen molar-refractivity contribution in [1.29, 1.82) is 0 Å². The van der Waals surface area contributed by atoms with E-state index in [1.807, 2.05) is 31.2 Å². The SMILES string of the molecule is CCN(CCO)C(=O)C(=O)NCc1ccc(C)cc1. The number of rotatable bonds is 5. The van der Waals surface area contributed by atoms with E-state index in [1.165, 1.54) is 4.90 Å². The van der Waals surface area contributed by atoms with Gasteiger partial charge in [-0.3, -0.25) is 9.59 Å². The van der Waals surface area contributed by atoms with Gasteiger partial charge in [-0.15, -0.1) is 0 Å². The van der Waals surface area contributed by atoms with Gasteiger partial charge in [0.2, 0.25) is 0 Å². The van der Waals surface area contributed by atoms with E-state index in [2.05, 4.69) is 5.32 Å². The summed E-state index contributed by atoms with van der Waals surface area (Å²) in [5.74, 6) is -1.25. The molecular formula is C14H20N2O3. The van der Waals surface area contributed by atoms with E-state index in [9.17, 15) is 9.59 Å². The lowest BCUT2D eigenvalue weighted by atomic mass is 10.1. The number of carbonyl (C=O) groups is 2. The van der Waals surface area contributed by atoms with Gasteiger partial charge in [-0.05, 0) is 19.4 Å². The minimum Gasteiger partial charge on any atom is -0.395 e. The maximum atomic E-state index is 11.7. The molecule has 0 heterocycles. The standard InChI is InChI=1S/C14H20N2O3/c1-3-16(8-9-17)14(19)13(18)15-10-12-6-4-11(2)5-7-12/h4-7,17H,3,8-10H2,1-2H3,(H,15,18). The summed E-state index contributed by atoms with van der Waals surface area (Å²) in [6, 6.07) is 7.72. The molecule has 0 aliphatic rings. The Bertz CT molecular complexity index is 429. The lowest BCUT2D eigenvalue weighted by Crippen LogP contribution is -2.43. The summed E-state index contributed by atoms with van der Waals surface area (Å²) in [5, 5.41) is 11.4. The van der Waals surface area contributed by atoms with Crippen molar-refractivity contribution in [1.82, 2.24) is 10.2 Å². The monoisotopic (exact) mass is 264 g/mol. The maximum Gasteiger partial charge on any atom is 0.311 e. The Kier molecular flexibility index (Phi) is 6.02. The quantitative estimate of drug-likeness (QED) is 0.759. The molecule has 0 fully saturated rings. The second-order valence-electron chi connectivity index (χ2n) is 4.28. The van der Waals surface area contributed by atoms with Crippen molar-refractivity contribution < 1.29 is 14.7 Å². The van der Waals surface area contributed by atoms with Gasteiger partial charge in [0.15, 0.2) is 0 Å². The Morgan fingerprint density at radius 1 is 1.26 bits per heavy atom. The number of nitrogens with one attached hydrogen (secondary N) is 1. The molecule has 1 aromatic rings. The number of amides is 2. The van der Waals surface area contributed by atoms with Crippen molar-refractivity contribution in [3.05, 3.63) is 35.4 Å². The molecule has 0 aliphatic carbocycles. The molecule has 0 saturated heterocycles. The second-order valence-corrected chi connectivity index (χ2v) is 4.28. The van der Waals surface area contributed by atoms with E-state index >= 15 is 0 Å². The van der Waals surface area contributed by atoms with Crippen LogP contribution < -0.4 is 5.32 Å². The highest BCUT2D eigenvalue weighted by Gasteiger charge is 2.19. The van der Waals surface area contributed by atoms with E-state index in [0.29, 0.717) is 13.1 Å². The van der Waals surface area contributed by atoms with Crippen molar-refractivity contribution >= 4 is 11.8 Å². The number of aliphatic hydroxyl groups excluding tert-OH is 1. The van der Waals surface area contributed by atoms with Crippen LogP contribution in [0.15, 0.2) is 24.3 Å². The molecule has 1 rings (SSSR count). The molecule has 0 spiro atoms. The Morgan fingerprint density at radius 3 is 2.42 bits per heavy atom. The van der Waals surface area contributed by atoms with Crippen LogP contribution in [0.5, 0.6) is 0 Å². The van der Waals surface area contributed by atoms with Crippen LogP contribution in [0.3, 0.4) is 0 Å². The number of aryl methyl sites for hydroxylation is 1. The number of nitrogens with zero attached hydrogens (tertiary/aromatic N) is 1. The zero-order chi connectivity index (χ0) is 14.3. The summed E-state index contributed by atoms with van der Waals surface area (Å²) < 4.78 is 0. The molecule has 0 saturated carbocycles. The number of aliphatic hydroxyl groups is 1. The molecule has 1 aromatic carbocycles. The first kappa shape index (κ1) is 15.2. The molecule has 104 valence electrons. The minimum atomic E-state index is -0.643. The number of benzene rings is 1. The van der Waals surface area contributed by atoms with Gasteiger partial charge in [0.25, 0.3) is 0 Å². The summed E-state index contributed by atoms with van der Waals surface area (Å²) >= 11 is 0. The van der Waals surface area contributed by atoms with Crippen LogP contribution in [0.4, 0.5) is 0 Å². The Labute approximate surface area is 113 Å². The third kappa shape index (κ3) is 4.71. The molecule has 0 atom stereocenters. The smallest absolute Gasteiger partial charge is 0.311 e. The van der Waals surface area contributed by atoms with Gasteiger partial charge in [-0.1, -0.05) is 29.8 Å². The van der Waals surface area contributed by atoms with E-state index in [0.717, 1.165) is 11.1 Å². The van der Waals surface area contributed by atoms with Gasteiger partial charge in [-0.2, -0.15) is 0 Å². The van der Waals surface area contributed by atoms with Crippen LogP contribution in [-0.4, -0.2) is 41.5 Å². The largest absolute Gasteiger partial charge is 0.395 e. The maximum absolute atomic E-state index is 11.7. The third-order valence-corrected chi connectivity index (χ3v) is 2.81. The highest BCUT2D eigenvalue weighted by Crippen LogP contribution is 2.02. The lowest BCUT2D eigenvalue weighted by molar-refractivity contribution is -0.146. The lowest BCUT2D eigenvalue weighted by Gasteiger charge is -2.18. The van der Waals surface area contributed by atoms with E-state index < -0.39 is 11.8 Å². The number of likely N-dealkylation sites (N-methyl/N-ethyl adjacent to an activating group) is 1. The van der Waals surface area contributed by atoms with Gasteiger partial charge in [-0.25, -0.2) is 0 Å². The van der Waals surface area contributed by atoms with Crippen LogP contribution in [0.25, 0.3) is 0 Å². The molecule has 2 amide bonds. The summed E-state index contributed by atoms with van der Waals surface area (Å²) in [7, 11) is 0. The molecular weight excluding hydrogens is 244 g/mol. The number of hydrogen-bond acceptors (Lipinski definition) is 3. The third-order valence-electron chi connectivity index (χ3n) is 2.81. The average molecular weight is 264 g/mol. The average Bonchev–Trinajstić information content (AvgIpc) is 2.43. The highest BCUT2D eigenvalue weighted by atomic mass is 16.3. The normalized spacial score (nSPS) is 10.1. The molecule has 5 nitrogen and oxygen atoms in total. The van der Waals surface area contributed by atoms with Gasteiger partial charge in [0.1, 0.15) is 0 Å². The Balaban J connectivity index is 2.50. The molecule has 5 heteroatoms. The highest BCUT2D eigenvalue weighted by molar-refractivity contribution is 6.34. The zero-order valence-electron chi connectivity index (χ0n) is 11.3. The van der Waals surface area contributed by atoms with Gasteiger partial charge < -0.3 is 15.3 Å². The molecule has 2 N–H and O–H groups in total. The van der Waals surface area contributed by atoms with Crippen molar-refractivity contribution in [2.24, 2.45) is 0 Å². The first-order valence-corrected chi connectivity index (χ1v) is 6.32. The molecule has 0 unspecified atom stereocenters. The van der Waals surface area contributed by atoms with Crippen LogP contribution in [0.2, 0.25) is 0 Å². The Hall–Kier alpha value is -1.88. The molecule has 0 radical (unpaired) electrons. The molecule has 19 heavy (non-hydrogen) atoms. The van der Waals surface area contributed by atoms with Crippen molar-refractivity contribution in [3.63, 3.8) is 0 Å². The molecule has 0 aliphatic heterocycles. The first-order valence-electron chi connectivity index (χ1n) is 6.32. The van der Waals surface area contributed by atoms with Crippen molar-refractivity contribution in [3.8, 4) is 0 Å². The fourth-order valence-electron chi connectivity index (χ4n) is 1.63. The predicted octanol–water partition coefficient (Wildman–Crippen LogP) is 0.452. The summed E-state index contributed by atoms with van der Waals surface area (Å²) in [6.45, 7) is 4.50. The molecule has 0 bridgehead atoms. The van der Waals surface area contributed by atoms with Gasteiger partial charge >= 0.3 is 11.8 Å². The van der Waals surface area contributed by atoms with E-state index in [1.54, 1.807) is 6.92 Å². The van der Waals surface area contributed by atoms with Crippen LogP contribution in [0.1, 0.15) is 18.1 Å².